The molecule has 2 N–H and O–H groups in total. The van der Waals surface area contributed by atoms with Gasteiger partial charge in [-0.2, -0.15) is 0 Å². The van der Waals surface area contributed by atoms with E-state index in [0.717, 1.165) is 13.1 Å². The fraction of sp³-hybridized carbons (Fsp3) is 0.385. The topological polar surface area (TPSA) is 118 Å². The number of benzene rings is 2. The third-order valence-electron chi connectivity index (χ3n) is 6.54. The number of aliphatic hydroxyl groups excluding tert-OH is 1. The molecule has 0 aliphatic carbocycles. The Labute approximate surface area is 223 Å². The number of ketones is 1. The van der Waals surface area contributed by atoms with Crippen molar-refractivity contribution in [3.8, 4) is 23.0 Å². The molecule has 2 aliphatic heterocycles. The Hall–Kier alpha value is -3.28. The number of hydrogen-bond donors (Lipinski definition) is 2. The number of nitrogens with zero attached hydrogens (tertiary/aromatic N) is 2. The number of amides is 1. The summed E-state index contributed by atoms with van der Waals surface area (Å²) in [6, 6.07) is 6.98. The number of ether oxygens (including phenoxy) is 4. The summed E-state index contributed by atoms with van der Waals surface area (Å²) < 4.78 is 21.7. The van der Waals surface area contributed by atoms with Gasteiger partial charge < -0.3 is 34.1 Å². The molecule has 0 bridgehead atoms. The molecule has 2 aromatic carbocycles. The summed E-state index contributed by atoms with van der Waals surface area (Å²) in [6.45, 7) is 3.42. The van der Waals surface area contributed by atoms with Crippen LogP contribution in [0.1, 0.15) is 17.2 Å². The minimum atomic E-state index is -0.917. The summed E-state index contributed by atoms with van der Waals surface area (Å²) in [7, 11) is 4.37. The number of methoxy groups -OCH3 is 3. The number of carbonyl (C=O) groups is 2. The molecule has 1 unspecified atom stereocenters. The standard InChI is InChI=1S/C26H29BrN2O8/c1-34-18-5-4-15(13-19(18)35-2)23(30)21-22(16-12-17(27)24(31)20(14-16)36-3)29(26(33)25(21)32)7-6-28-8-10-37-11-9-28/h4-5,12-14,22,30-31H,6-11H2,1-3H3/b23-21+. The fourth-order valence-corrected chi connectivity index (χ4v) is 5.04. The second-order valence-electron chi connectivity index (χ2n) is 8.57. The molecule has 0 saturated carbocycles. The molecule has 11 heteroatoms. The van der Waals surface area contributed by atoms with Crippen molar-refractivity contribution >= 4 is 33.4 Å². The number of phenols is 1. The van der Waals surface area contributed by atoms with Gasteiger partial charge in [-0.25, -0.2) is 0 Å². The molecule has 1 atom stereocenters. The van der Waals surface area contributed by atoms with E-state index in [4.69, 9.17) is 18.9 Å². The summed E-state index contributed by atoms with van der Waals surface area (Å²) in [5.41, 5.74) is 0.710. The molecule has 2 aliphatic rings. The molecule has 2 heterocycles. The average molecular weight is 577 g/mol. The molecule has 0 spiro atoms. The monoisotopic (exact) mass is 576 g/mol. The van der Waals surface area contributed by atoms with Crippen LogP contribution in [0.5, 0.6) is 23.0 Å². The lowest BCUT2D eigenvalue weighted by Gasteiger charge is -2.31. The van der Waals surface area contributed by atoms with Crippen molar-refractivity contribution in [2.45, 2.75) is 6.04 Å². The van der Waals surface area contributed by atoms with Gasteiger partial charge in [0.1, 0.15) is 5.76 Å². The van der Waals surface area contributed by atoms with E-state index < -0.39 is 17.7 Å². The Morgan fingerprint density at radius 1 is 1.00 bits per heavy atom. The first-order valence-electron chi connectivity index (χ1n) is 11.7. The van der Waals surface area contributed by atoms with Gasteiger partial charge in [-0.05, 0) is 51.8 Å². The van der Waals surface area contributed by atoms with Crippen molar-refractivity contribution < 1.29 is 38.7 Å². The minimum absolute atomic E-state index is 0.0705. The lowest BCUT2D eigenvalue weighted by molar-refractivity contribution is -0.140. The van der Waals surface area contributed by atoms with Gasteiger partial charge in [0.25, 0.3) is 11.7 Å². The SMILES string of the molecule is COc1ccc(/C(O)=C2\C(=O)C(=O)N(CCN3CCOCC3)C2c2cc(Br)c(O)c(OC)c2)cc1OC. The molecular weight excluding hydrogens is 548 g/mol. The zero-order chi connectivity index (χ0) is 26.7. The Kier molecular flexibility index (Phi) is 8.25. The number of likely N-dealkylation sites (tertiary alicyclic amines) is 1. The highest BCUT2D eigenvalue weighted by Crippen LogP contribution is 2.44. The van der Waals surface area contributed by atoms with Gasteiger partial charge in [0.05, 0.1) is 50.6 Å². The summed E-state index contributed by atoms with van der Waals surface area (Å²) in [5.74, 6) is -1.01. The van der Waals surface area contributed by atoms with Gasteiger partial charge in [-0.15, -0.1) is 0 Å². The highest BCUT2D eigenvalue weighted by atomic mass is 79.9. The van der Waals surface area contributed by atoms with Crippen LogP contribution >= 0.6 is 15.9 Å². The van der Waals surface area contributed by atoms with E-state index in [2.05, 4.69) is 20.8 Å². The van der Waals surface area contributed by atoms with Gasteiger partial charge in [-0.1, -0.05) is 0 Å². The zero-order valence-corrected chi connectivity index (χ0v) is 22.4. The molecule has 37 heavy (non-hydrogen) atoms. The van der Waals surface area contributed by atoms with Crippen LogP contribution in [-0.4, -0.2) is 92.4 Å². The summed E-state index contributed by atoms with van der Waals surface area (Å²) in [5, 5.41) is 21.7. The maximum atomic E-state index is 13.4. The van der Waals surface area contributed by atoms with Gasteiger partial charge in [-0.3, -0.25) is 14.5 Å². The van der Waals surface area contributed by atoms with E-state index in [1.807, 2.05) is 0 Å². The number of carbonyl (C=O) groups excluding carboxylic acids is 2. The Bertz CT molecular complexity index is 1230. The first-order chi connectivity index (χ1) is 17.8. The predicted octanol–water partition coefficient (Wildman–Crippen LogP) is 2.93. The number of aliphatic hydroxyl groups is 1. The summed E-state index contributed by atoms with van der Waals surface area (Å²) in [4.78, 5) is 30.2. The number of aromatic hydroxyl groups is 1. The maximum absolute atomic E-state index is 13.4. The number of rotatable bonds is 8. The predicted molar refractivity (Wildman–Crippen MR) is 138 cm³/mol. The van der Waals surface area contributed by atoms with Gasteiger partial charge >= 0.3 is 0 Å². The number of phenolic OH excluding ortho intramolecular Hbond substituents is 1. The van der Waals surface area contributed by atoms with Crippen LogP contribution < -0.4 is 14.2 Å². The molecule has 0 aromatic heterocycles. The first-order valence-corrected chi connectivity index (χ1v) is 12.5. The van der Waals surface area contributed by atoms with Crippen LogP contribution in [0, 0.1) is 0 Å². The molecule has 1 amide bonds. The van der Waals surface area contributed by atoms with Crippen LogP contribution in [0.15, 0.2) is 40.4 Å². The van der Waals surface area contributed by atoms with Crippen molar-refractivity contribution in [2.75, 3.05) is 60.7 Å². The summed E-state index contributed by atoms with van der Waals surface area (Å²) >= 11 is 3.32. The van der Waals surface area contributed by atoms with Crippen LogP contribution in [0.2, 0.25) is 0 Å². The number of Topliss-reactive ketones (excluding diaryl/α,β-unsaturated/α-hetero) is 1. The van der Waals surface area contributed by atoms with E-state index in [9.17, 15) is 19.8 Å². The van der Waals surface area contributed by atoms with E-state index in [-0.39, 0.29) is 29.4 Å². The summed E-state index contributed by atoms with van der Waals surface area (Å²) in [6.07, 6.45) is 0. The Balaban J connectivity index is 1.83. The van der Waals surface area contributed by atoms with Gasteiger partial charge in [0, 0.05) is 31.7 Å². The number of hydrogen-bond acceptors (Lipinski definition) is 9. The zero-order valence-electron chi connectivity index (χ0n) is 20.8. The average Bonchev–Trinajstić information content (AvgIpc) is 3.17. The van der Waals surface area contributed by atoms with Crippen molar-refractivity contribution in [3.05, 3.63) is 51.5 Å². The highest BCUT2D eigenvalue weighted by Gasteiger charge is 2.46. The molecule has 2 aromatic rings. The normalized spacial score (nSPS) is 19.8. The highest BCUT2D eigenvalue weighted by molar-refractivity contribution is 9.10. The van der Waals surface area contributed by atoms with Crippen molar-refractivity contribution in [1.82, 2.24) is 9.80 Å². The lowest BCUT2D eigenvalue weighted by Crippen LogP contribution is -2.42. The minimum Gasteiger partial charge on any atom is -0.507 e. The number of morpholine rings is 1. The number of halogens is 1. The molecule has 4 rings (SSSR count). The smallest absolute Gasteiger partial charge is 0.295 e. The van der Waals surface area contributed by atoms with Gasteiger partial charge in [0.15, 0.2) is 23.0 Å². The molecule has 198 valence electrons. The first kappa shape index (κ1) is 26.8. The Morgan fingerprint density at radius 2 is 1.68 bits per heavy atom. The largest absolute Gasteiger partial charge is 0.507 e. The van der Waals surface area contributed by atoms with Crippen LogP contribution in [-0.2, 0) is 14.3 Å². The quantitative estimate of drug-likeness (QED) is 0.278. The van der Waals surface area contributed by atoms with E-state index in [0.29, 0.717) is 46.9 Å². The molecule has 2 fully saturated rings. The lowest BCUT2D eigenvalue weighted by atomic mass is 9.94. The second kappa shape index (κ2) is 11.4. The van der Waals surface area contributed by atoms with Crippen molar-refractivity contribution in [3.63, 3.8) is 0 Å². The van der Waals surface area contributed by atoms with Crippen molar-refractivity contribution in [2.24, 2.45) is 0 Å². The molecule has 2 saturated heterocycles. The van der Waals surface area contributed by atoms with E-state index >= 15 is 0 Å². The third-order valence-corrected chi connectivity index (χ3v) is 7.15. The Morgan fingerprint density at radius 3 is 2.32 bits per heavy atom. The molecule has 10 nitrogen and oxygen atoms in total. The van der Waals surface area contributed by atoms with E-state index in [1.165, 1.54) is 26.2 Å². The van der Waals surface area contributed by atoms with Crippen molar-refractivity contribution in [1.29, 1.82) is 0 Å². The van der Waals surface area contributed by atoms with Crippen LogP contribution in [0.25, 0.3) is 5.76 Å². The van der Waals surface area contributed by atoms with Crippen LogP contribution in [0.4, 0.5) is 0 Å². The third kappa shape index (κ3) is 5.25. The van der Waals surface area contributed by atoms with E-state index in [1.54, 1.807) is 30.3 Å². The molecule has 0 radical (unpaired) electrons. The van der Waals surface area contributed by atoms with Gasteiger partial charge in [0.2, 0.25) is 0 Å². The molecular formula is C26H29BrN2O8. The van der Waals surface area contributed by atoms with Crippen LogP contribution in [0.3, 0.4) is 0 Å². The fourth-order valence-electron chi connectivity index (χ4n) is 4.58. The maximum Gasteiger partial charge on any atom is 0.295 e. The second-order valence-corrected chi connectivity index (χ2v) is 9.42.